The molecule has 8 heteroatoms. The normalized spacial score (nSPS) is 15.3. The minimum absolute atomic E-state index is 0.0533. The van der Waals surface area contributed by atoms with Crippen LogP contribution in [0, 0.1) is 0 Å². The second kappa shape index (κ2) is 10.4. The molecule has 0 bridgehead atoms. The Bertz CT molecular complexity index is 1300. The quantitative estimate of drug-likeness (QED) is 0.393. The number of alkyl halides is 3. The SMILES string of the molecule is CC(=O)CC(C)c1ccc(Cc2ncc(C(F)(F)F)c(CCc3ccccc3C3(C(N)=O)CC3)n2)cc1. The fourth-order valence-corrected chi connectivity index (χ4v) is 4.90. The number of nitrogens with zero attached hydrogens (tertiary/aromatic N) is 2. The topological polar surface area (TPSA) is 85.9 Å². The third kappa shape index (κ3) is 6.06. The number of primary amides is 1. The van der Waals surface area contributed by atoms with Gasteiger partial charge in [0.2, 0.25) is 5.91 Å². The summed E-state index contributed by atoms with van der Waals surface area (Å²) in [6.07, 6.45) is -1.33. The van der Waals surface area contributed by atoms with E-state index in [4.69, 9.17) is 5.73 Å². The van der Waals surface area contributed by atoms with Gasteiger partial charge in [-0.3, -0.25) is 4.79 Å². The predicted molar refractivity (Wildman–Crippen MR) is 134 cm³/mol. The molecule has 1 saturated carbocycles. The molecule has 0 spiro atoms. The maximum absolute atomic E-state index is 13.8. The second-order valence-electron chi connectivity index (χ2n) is 9.97. The number of benzene rings is 2. The summed E-state index contributed by atoms with van der Waals surface area (Å²) >= 11 is 0. The van der Waals surface area contributed by atoms with Crippen LogP contribution in [0.15, 0.2) is 54.7 Å². The third-order valence-electron chi connectivity index (χ3n) is 7.11. The summed E-state index contributed by atoms with van der Waals surface area (Å²) in [6, 6.07) is 14.9. The fourth-order valence-electron chi connectivity index (χ4n) is 4.90. The number of carbonyl (C=O) groups excluding carboxylic acids is 2. The highest BCUT2D eigenvalue weighted by molar-refractivity contribution is 5.90. The molecular weight excluding hydrogens is 479 g/mol. The van der Waals surface area contributed by atoms with Gasteiger partial charge in [0.1, 0.15) is 11.6 Å². The standard InChI is InChI=1S/C29H30F3N3O2/c1-18(15-19(2)36)21-9-7-20(8-10-21)16-26-34-17-24(29(30,31)32)25(35-26)12-11-22-5-3-4-6-23(22)28(13-14-28)27(33)37/h3-10,17-18H,11-16H2,1-2H3,(H2,33,37). The van der Waals surface area contributed by atoms with Crippen molar-refractivity contribution in [3.63, 3.8) is 0 Å². The van der Waals surface area contributed by atoms with Crippen LogP contribution in [-0.4, -0.2) is 21.7 Å². The van der Waals surface area contributed by atoms with E-state index >= 15 is 0 Å². The lowest BCUT2D eigenvalue weighted by atomic mass is 9.88. The van der Waals surface area contributed by atoms with E-state index in [-0.39, 0.29) is 30.2 Å². The van der Waals surface area contributed by atoms with Gasteiger partial charge in [0, 0.05) is 19.0 Å². The van der Waals surface area contributed by atoms with Crippen LogP contribution in [0.25, 0.3) is 0 Å². The molecule has 0 saturated heterocycles. The van der Waals surface area contributed by atoms with Gasteiger partial charge in [-0.2, -0.15) is 13.2 Å². The van der Waals surface area contributed by atoms with Gasteiger partial charge in [-0.25, -0.2) is 9.97 Å². The van der Waals surface area contributed by atoms with E-state index in [0.717, 1.165) is 28.5 Å². The highest BCUT2D eigenvalue weighted by Gasteiger charge is 2.50. The molecule has 1 aliphatic carbocycles. The summed E-state index contributed by atoms with van der Waals surface area (Å²) in [6.45, 7) is 3.54. The molecule has 2 aromatic carbocycles. The molecule has 1 aliphatic rings. The zero-order chi connectivity index (χ0) is 26.8. The maximum atomic E-state index is 13.8. The second-order valence-corrected chi connectivity index (χ2v) is 9.97. The molecule has 5 nitrogen and oxygen atoms in total. The van der Waals surface area contributed by atoms with Crippen LogP contribution in [0.3, 0.4) is 0 Å². The van der Waals surface area contributed by atoms with Gasteiger partial charge in [0.25, 0.3) is 0 Å². The average molecular weight is 510 g/mol. The molecule has 1 unspecified atom stereocenters. The van der Waals surface area contributed by atoms with E-state index in [1.165, 1.54) is 0 Å². The minimum Gasteiger partial charge on any atom is -0.369 e. The number of Topliss-reactive ketones (excluding diaryl/α,β-unsaturated/α-hetero) is 1. The van der Waals surface area contributed by atoms with Gasteiger partial charge in [0.05, 0.1) is 16.7 Å². The summed E-state index contributed by atoms with van der Waals surface area (Å²) in [7, 11) is 0. The van der Waals surface area contributed by atoms with Crippen molar-refractivity contribution in [2.45, 2.75) is 69.9 Å². The Balaban J connectivity index is 1.55. The molecule has 194 valence electrons. The van der Waals surface area contributed by atoms with Crippen molar-refractivity contribution >= 4 is 11.7 Å². The smallest absolute Gasteiger partial charge is 0.369 e. The average Bonchev–Trinajstić information content (AvgIpc) is 3.65. The molecule has 1 heterocycles. The molecule has 3 aromatic rings. The van der Waals surface area contributed by atoms with E-state index in [9.17, 15) is 22.8 Å². The largest absolute Gasteiger partial charge is 0.419 e. The molecule has 1 atom stereocenters. The molecule has 0 aliphatic heterocycles. The number of aromatic nitrogens is 2. The number of amides is 1. The Morgan fingerprint density at radius 1 is 1.05 bits per heavy atom. The van der Waals surface area contributed by atoms with Gasteiger partial charge in [0.15, 0.2) is 0 Å². The first-order chi connectivity index (χ1) is 17.5. The first kappa shape index (κ1) is 26.5. The Morgan fingerprint density at radius 2 is 1.73 bits per heavy atom. The number of carbonyl (C=O) groups is 2. The van der Waals surface area contributed by atoms with Gasteiger partial charge in [-0.15, -0.1) is 0 Å². The Kier molecular flexibility index (Phi) is 7.48. The van der Waals surface area contributed by atoms with Crippen LogP contribution in [0.2, 0.25) is 0 Å². The van der Waals surface area contributed by atoms with Crippen molar-refractivity contribution in [3.8, 4) is 0 Å². The molecule has 2 N–H and O–H groups in total. The molecule has 37 heavy (non-hydrogen) atoms. The van der Waals surface area contributed by atoms with E-state index in [1.54, 1.807) is 6.92 Å². The van der Waals surface area contributed by atoms with E-state index in [2.05, 4.69) is 9.97 Å². The minimum atomic E-state index is -4.58. The molecule has 1 amide bonds. The van der Waals surface area contributed by atoms with Crippen molar-refractivity contribution in [2.75, 3.05) is 0 Å². The highest BCUT2D eigenvalue weighted by Crippen LogP contribution is 2.49. The Labute approximate surface area is 214 Å². The monoisotopic (exact) mass is 509 g/mol. The van der Waals surface area contributed by atoms with E-state index in [1.807, 2.05) is 55.5 Å². The summed E-state index contributed by atoms with van der Waals surface area (Å²) in [5.74, 6) is 0.109. The first-order valence-corrected chi connectivity index (χ1v) is 12.4. The van der Waals surface area contributed by atoms with Crippen molar-refractivity contribution in [1.82, 2.24) is 9.97 Å². The third-order valence-corrected chi connectivity index (χ3v) is 7.11. The lowest BCUT2D eigenvalue weighted by Crippen LogP contribution is -2.29. The number of hydrogen-bond donors (Lipinski definition) is 1. The van der Waals surface area contributed by atoms with Gasteiger partial charge in [-0.1, -0.05) is 55.5 Å². The van der Waals surface area contributed by atoms with Gasteiger partial charge < -0.3 is 10.5 Å². The number of rotatable bonds is 10. The molecule has 0 radical (unpaired) electrons. The van der Waals surface area contributed by atoms with Crippen molar-refractivity contribution in [3.05, 3.63) is 94.1 Å². The van der Waals surface area contributed by atoms with Crippen LogP contribution in [0.5, 0.6) is 0 Å². The zero-order valence-corrected chi connectivity index (χ0v) is 20.9. The number of aryl methyl sites for hydroxylation is 2. The van der Waals surface area contributed by atoms with Crippen LogP contribution < -0.4 is 5.73 Å². The molecule has 1 fully saturated rings. The number of hydrogen-bond acceptors (Lipinski definition) is 4. The molecular formula is C29H30F3N3O2. The van der Waals surface area contributed by atoms with E-state index < -0.39 is 23.1 Å². The van der Waals surface area contributed by atoms with Crippen molar-refractivity contribution in [1.29, 1.82) is 0 Å². The maximum Gasteiger partial charge on any atom is 0.419 e. The lowest BCUT2D eigenvalue weighted by Gasteiger charge is -2.17. The number of halogens is 3. The van der Waals surface area contributed by atoms with Crippen molar-refractivity contribution < 1.29 is 22.8 Å². The Hall–Kier alpha value is -3.55. The number of ketones is 1. The fraction of sp³-hybridized carbons (Fsp3) is 0.379. The van der Waals surface area contributed by atoms with Gasteiger partial charge >= 0.3 is 6.18 Å². The molecule has 1 aromatic heterocycles. The summed E-state index contributed by atoms with van der Waals surface area (Å²) in [5.41, 5.74) is 7.50. The van der Waals surface area contributed by atoms with Crippen molar-refractivity contribution in [2.24, 2.45) is 5.73 Å². The van der Waals surface area contributed by atoms with Crippen LogP contribution in [0.1, 0.15) is 78.4 Å². The molecule has 4 rings (SSSR count). The first-order valence-electron chi connectivity index (χ1n) is 12.4. The highest BCUT2D eigenvalue weighted by atomic mass is 19.4. The number of nitrogens with two attached hydrogens (primary N) is 1. The lowest BCUT2D eigenvalue weighted by molar-refractivity contribution is -0.138. The van der Waals surface area contributed by atoms with Crippen LogP contribution in [0.4, 0.5) is 13.2 Å². The Morgan fingerprint density at radius 3 is 2.32 bits per heavy atom. The van der Waals surface area contributed by atoms with E-state index in [0.29, 0.717) is 31.5 Å². The summed E-state index contributed by atoms with van der Waals surface area (Å²) in [4.78, 5) is 31.8. The zero-order valence-electron chi connectivity index (χ0n) is 20.9. The summed E-state index contributed by atoms with van der Waals surface area (Å²) in [5, 5.41) is 0. The predicted octanol–water partition coefficient (Wildman–Crippen LogP) is 5.47. The van der Waals surface area contributed by atoms with Gasteiger partial charge in [-0.05, 0) is 60.8 Å². The van der Waals surface area contributed by atoms with Crippen LogP contribution in [-0.2, 0) is 40.4 Å². The summed E-state index contributed by atoms with van der Waals surface area (Å²) < 4.78 is 41.3. The van der Waals surface area contributed by atoms with Crippen LogP contribution >= 0.6 is 0 Å².